The maximum absolute atomic E-state index is 12.9. The zero-order valence-corrected chi connectivity index (χ0v) is 25.5. The summed E-state index contributed by atoms with van der Waals surface area (Å²) in [6, 6.07) is 0. The summed E-state index contributed by atoms with van der Waals surface area (Å²) in [6.45, 7) is 1.93. The van der Waals surface area contributed by atoms with Crippen LogP contribution in [-0.2, 0) is 22.6 Å². The van der Waals surface area contributed by atoms with Crippen molar-refractivity contribution in [3.8, 4) is 11.4 Å². The molecule has 7 heterocycles. The van der Waals surface area contributed by atoms with Crippen molar-refractivity contribution in [1.29, 1.82) is 0 Å². The maximum Gasteiger partial charge on any atom is 0.406 e. The van der Waals surface area contributed by atoms with Gasteiger partial charge in [-0.3, -0.25) is 0 Å². The summed E-state index contributed by atoms with van der Waals surface area (Å²) in [6.07, 6.45) is -3.67. The van der Waals surface area contributed by atoms with E-state index in [4.69, 9.17) is 26.8 Å². The van der Waals surface area contributed by atoms with E-state index in [-0.39, 0.29) is 28.4 Å². The standard InChI is InChI=1S/C15H15F3N8O.C11H11ClF3N5O/c16-15(17,18)7-26-8-22-10-12(25-1-3-27-4-2-25)23-11(24-13(10)26)9-5-20-14(19)21-6-9;12-10-17-8(19-1-3-21-4-2-19)7-9(18-10)20(6-16-7)5-11(13,14)15/h5-6,8H,1-4,7H2,(H2,19,20,21);6H,1-5H2. The van der Waals surface area contributed by atoms with Crippen molar-refractivity contribution in [2.75, 3.05) is 68.1 Å². The molecule has 0 bridgehead atoms. The molecule has 15 nitrogen and oxygen atoms in total. The van der Waals surface area contributed by atoms with Gasteiger partial charge < -0.3 is 34.1 Å². The predicted octanol–water partition coefficient (Wildman–Crippen LogP) is 3.14. The monoisotopic (exact) mass is 701 g/mol. The van der Waals surface area contributed by atoms with E-state index >= 15 is 0 Å². The van der Waals surface area contributed by atoms with Gasteiger partial charge in [-0.1, -0.05) is 0 Å². The molecular formula is C26H26ClF6N13O2. The smallest absolute Gasteiger partial charge is 0.378 e. The quantitative estimate of drug-likeness (QED) is 0.210. The number of aromatic nitrogens is 10. The minimum atomic E-state index is -4.40. The van der Waals surface area contributed by atoms with Crippen molar-refractivity contribution in [1.82, 2.24) is 49.0 Å². The molecule has 2 N–H and O–H groups in total. The van der Waals surface area contributed by atoms with E-state index in [1.807, 2.05) is 9.80 Å². The van der Waals surface area contributed by atoms with Crippen LogP contribution in [0.25, 0.3) is 33.7 Å². The molecule has 256 valence electrons. The van der Waals surface area contributed by atoms with E-state index in [0.717, 1.165) is 21.8 Å². The Morgan fingerprint density at radius 1 is 0.667 bits per heavy atom. The summed E-state index contributed by atoms with van der Waals surface area (Å²) >= 11 is 5.84. The van der Waals surface area contributed by atoms with Gasteiger partial charge in [-0.05, 0) is 11.6 Å². The lowest BCUT2D eigenvalue weighted by Gasteiger charge is -2.28. The Hall–Kier alpha value is -4.63. The van der Waals surface area contributed by atoms with Crippen LogP contribution < -0.4 is 15.5 Å². The third kappa shape index (κ3) is 7.73. The summed E-state index contributed by atoms with van der Waals surface area (Å²) in [5.41, 5.74) is 6.73. The van der Waals surface area contributed by atoms with Crippen LogP contribution in [0.5, 0.6) is 0 Å². The molecule has 0 radical (unpaired) electrons. The van der Waals surface area contributed by atoms with Gasteiger partial charge in [-0.25, -0.2) is 29.9 Å². The highest BCUT2D eigenvalue weighted by molar-refractivity contribution is 6.28. The normalized spacial score (nSPS) is 16.0. The largest absolute Gasteiger partial charge is 0.406 e. The van der Waals surface area contributed by atoms with Gasteiger partial charge in [0.05, 0.1) is 44.6 Å². The number of rotatable bonds is 5. The Balaban J connectivity index is 0.000000173. The summed E-state index contributed by atoms with van der Waals surface area (Å²) in [4.78, 5) is 36.5. The Bertz CT molecular complexity index is 1870. The lowest BCUT2D eigenvalue weighted by molar-refractivity contribution is -0.140. The van der Waals surface area contributed by atoms with Crippen LogP contribution in [0.1, 0.15) is 0 Å². The van der Waals surface area contributed by atoms with Crippen molar-refractivity contribution >= 4 is 51.5 Å². The lowest BCUT2D eigenvalue weighted by Crippen LogP contribution is -2.37. The number of imidazole rings is 2. The van der Waals surface area contributed by atoms with Crippen LogP contribution in [0.4, 0.5) is 43.9 Å². The molecule has 0 atom stereocenters. The van der Waals surface area contributed by atoms with E-state index in [0.29, 0.717) is 80.8 Å². The van der Waals surface area contributed by atoms with E-state index in [9.17, 15) is 26.3 Å². The van der Waals surface area contributed by atoms with Crippen molar-refractivity contribution in [3.63, 3.8) is 0 Å². The number of halogens is 7. The molecule has 0 unspecified atom stereocenters. The summed E-state index contributed by atoms with van der Waals surface area (Å²) in [5, 5.41) is -0.104. The summed E-state index contributed by atoms with van der Waals surface area (Å²) in [5.74, 6) is 1.17. The minimum absolute atomic E-state index is 0.0776. The van der Waals surface area contributed by atoms with Crippen molar-refractivity contribution in [2.45, 2.75) is 25.4 Å². The van der Waals surface area contributed by atoms with Gasteiger partial charge in [0, 0.05) is 38.6 Å². The highest BCUT2D eigenvalue weighted by Crippen LogP contribution is 2.30. The predicted molar refractivity (Wildman–Crippen MR) is 159 cm³/mol. The average molecular weight is 702 g/mol. The number of ether oxygens (including phenoxy) is 2. The molecule has 0 aliphatic carbocycles. The second kappa shape index (κ2) is 13.5. The fraction of sp³-hybridized carbons (Fsp3) is 0.462. The van der Waals surface area contributed by atoms with Gasteiger partial charge in [-0.2, -0.15) is 36.3 Å². The summed E-state index contributed by atoms with van der Waals surface area (Å²) in [7, 11) is 0. The molecule has 0 aromatic carbocycles. The lowest BCUT2D eigenvalue weighted by atomic mass is 10.3. The van der Waals surface area contributed by atoms with Gasteiger partial charge in [0.1, 0.15) is 13.1 Å². The fourth-order valence-electron chi connectivity index (χ4n) is 5.02. The van der Waals surface area contributed by atoms with Crippen LogP contribution in [0, 0.1) is 0 Å². The number of hydrogen-bond acceptors (Lipinski definition) is 13. The number of fused-ring (bicyclic) bond motifs is 2. The van der Waals surface area contributed by atoms with Crippen LogP contribution in [-0.4, -0.2) is 114 Å². The Labute approximate surface area is 271 Å². The molecule has 22 heteroatoms. The first-order valence-electron chi connectivity index (χ1n) is 14.3. The van der Waals surface area contributed by atoms with Crippen molar-refractivity contribution < 1.29 is 35.8 Å². The molecule has 5 aromatic heterocycles. The molecule has 0 saturated carbocycles. The number of nitrogen functional groups attached to an aromatic ring is 1. The number of alkyl halides is 6. The van der Waals surface area contributed by atoms with Crippen LogP contribution >= 0.6 is 11.6 Å². The van der Waals surface area contributed by atoms with Crippen molar-refractivity contribution in [3.05, 3.63) is 30.3 Å². The van der Waals surface area contributed by atoms with Crippen LogP contribution in [0.15, 0.2) is 25.0 Å². The fourth-order valence-corrected chi connectivity index (χ4v) is 5.18. The molecule has 48 heavy (non-hydrogen) atoms. The first-order valence-corrected chi connectivity index (χ1v) is 14.7. The molecule has 0 spiro atoms. The maximum atomic E-state index is 12.9. The molecular weight excluding hydrogens is 676 g/mol. The highest BCUT2D eigenvalue weighted by Gasteiger charge is 2.31. The third-order valence-corrected chi connectivity index (χ3v) is 7.28. The highest BCUT2D eigenvalue weighted by atomic mass is 35.5. The van der Waals surface area contributed by atoms with Crippen LogP contribution in [0.3, 0.4) is 0 Å². The average Bonchev–Trinajstić information content (AvgIpc) is 3.63. The minimum Gasteiger partial charge on any atom is -0.378 e. The Kier molecular flexibility index (Phi) is 9.34. The number of nitrogens with two attached hydrogens (primary N) is 1. The molecule has 7 rings (SSSR count). The van der Waals surface area contributed by atoms with E-state index < -0.39 is 25.4 Å². The first kappa shape index (κ1) is 33.3. The first-order chi connectivity index (χ1) is 22.8. The van der Waals surface area contributed by atoms with Gasteiger partial charge in [0.15, 0.2) is 39.8 Å². The SMILES string of the molecule is FC(F)(F)Cn1cnc2c(N3CCOCC3)nc(Cl)nc21.Nc1ncc(-c2nc(N3CCOCC3)c3ncn(CC(F)(F)F)c3n2)cn1. The Morgan fingerprint density at radius 3 is 1.60 bits per heavy atom. The second-order valence-corrected chi connectivity index (χ2v) is 10.9. The number of nitrogens with zero attached hydrogens (tertiary/aromatic N) is 12. The van der Waals surface area contributed by atoms with Gasteiger partial charge in [-0.15, -0.1) is 0 Å². The van der Waals surface area contributed by atoms with E-state index in [2.05, 4.69) is 39.9 Å². The molecule has 2 fully saturated rings. The molecule has 2 aliphatic heterocycles. The van der Waals surface area contributed by atoms with Crippen molar-refractivity contribution in [2.24, 2.45) is 0 Å². The number of anilines is 3. The third-order valence-electron chi connectivity index (χ3n) is 7.11. The number of morpholine rings is 2. The summed E-state index contributed by atoms with van der Waals surface area (Å²) < 4.78 is 88.9. The topological polar surface area (TPSA) is 164 Å². The van der Waals surface area contributed by atoms with Crippen LogP contribution in [0.2, 0.25) is 5.28 Å². The van der Waals surface area contributed by atoms with Gasteiger partial charge in [0.25, 0.3) is 0 Å². The molecule has 2 saturated heterocycles. The number of hydrogen-bond donors (Lipinski definition) is 1. The van der Waals surface area contributed by atoms with Gasteiger partial charge >= 0.3 is 12.4 Å². The molecule has 2 aliphatic rings. The zero-order valence-electron chi connectivity index (χ0n) is 24.8. The second-order valence-electron chi connectivity index (χ2n) is 10.5. The van der Waals surface area contributed by atoms with E-state index in [1.54, 1.807) is 0 Å². The van der Waals surface area contributed by atoms with E-state index in [1.165, 1.54) is 12.4 Å². The Morgan fingerprint density at radius 2 is 1.12 bits per heavy atom. The molecule has 5 aromatic rings. The zero-order chi connectivity index (χ0) is 34.1. The molecule has 0 amide bonds. The van der Waals surface area contributed by atoms with Gasteiger partial charge in [0.2, 0.25) is 11.2 Å².